The molecule has 4 aromatic carbocycles. The first kappa shape index (κ1) is 46.8. The first-order chi connectivity index (χ1) is 31.1. The summed E-state index contributed by atoms with van der Waals surface area (Å²) in [6.45, 7) is 9.57. The summed E-state index contributed by atoms with van der Waals surface area (Å²) in [7, 11) is -5.49. The number of imide groups is 2. The Kier molecular flexibility index (Phi) is 12.4. The van der Waals surface area contributed by atoms with Gasteiger partial charge in [0.05, 0.1) is 16.9 Å². The molecule has 1 saturated heterocycles. The molecular formula is C51H57N4O9S2+. The number of urea groups is 1. The maximum Gasteiger partial charge on any atom is 0.332 e. The van der Waals surface area contributed by atoms with Gasteiger partial charge in [0.1, 0.15) is 12.5 Å². The van der Waals surface area contributed by atoms with Gasteiger partial charge in [-0.15, -0.1) is 0 Å². The Balaban J connectivity index is 1.26. The molecule has 4 aromatic rings. The highest BCUT2D eigenvalue weighted by molar-refractivity contribution is 7.86. The summed E-state index contributed by atoms with van der Waals surface area (Å²) in [6.07, 6.45) is 10.6. The number of carbonyl (C=O) groups is 3. The molecular weight excluding hydrogens is 877 g/mol. The fraction of sp³-hybridized carbons (Fsp3) is 0.373. The molecule has 0 spiro atoms. The Morgan fingerprint density at radius 2 is 1.26 bits per heavy atom. The smallest absolute Gasteiger partial charge is 0.332 e. The number of rotatable bonds is 14. The molecule has 0 atom stereocenters. The third-order valence-electron chi connectivity index (χ3n) is 13.8. The molecule has 4 aliphatic rings. The highest BCUT2D eigenvalue weighted by Crippen LogP contribution is 2.51. The van der Waals surface area contributed by atoms with Gasteiger partial charge in [0.15, 0.2) is 5.71 Å². The number of unbranched alkanes of at least 4 members (excludes halogenated alkanes) is 2. The van der Waals surface area contributed by atoms with Crippen LogP contribution in [0.25, 0.3) is 21.5 Å². The lowest BCUT2D eigenvalue weighted by Gasteiger charge is -2.34. The van der Waals surface area contributed by atoms with Crippen LogP contribution in [0.2, 0.25) is 0 Å². The van der Waals surface area contributed by atoms with Crippen LogP contribution in [0.3, 0.4) is 0 Å². The van der Waals surface area contributed by atoms with Crippen molar-refractivity contribution in [1.29, 1.82) is 0 Å². The molecule has 1 fully saturated rings. The van der Waals surface area contributed by atoms with Gasteiger partial charge in [-0.25, -0.2) is 4.79 Å². The fourth-order valence-corrected chi connectivity index (χ4v) is 11.8. The molecule has 0 saturated carbocycles. The molecule has 2 N–H and O–H groups in total. The predicted molar refractivity (Wildman–Crippen MR) is 258 cm³/mol. The van der Waals surface area contributed by atoms with Crippen LogP contribution in [0.1, 0.15) is 77.3 Å². The molecule has 1 aliphatic carbocycles. The third kappa shape index (κ3) is 8.57. The standard InChI is InChI=1S/C51H56N4O9S2/c1-50(2)41(54(29-11-13-31-65(59,60)61)39-25-21-33-15-7-9-17-37(33)45(39)50)27-23-35-19-20-36(43(35)44-47(56)52(5)49(58)53(6)48(44)57)24-28-42-51(3,4)46-38-18-10-8-16-34(38)22-26-40(46)55(42)30-12-14-32-66(62,63)64/h7-10,15-18,21-28,44H,11-14,19-20,29-32H2,1-6H3,(H-,59,60,61,62,63,64)/p+1. The van der Waals surface area contributed by atoms with Gasteiger partial charge in [-0.1, -0.05) is 80.6 Å². The number of nitrogens with zero attached hydrogens (tertiary/aromatic N) is 4. The van der Waals surface area contributed by atoms with Crippen molar-refractivity contribution < 1.29 is 44.9 Å². The number of hydrogen-bond donors (Lipinski definition) is 2. The molecule has 0 radical (unpaired) electrons. The minimum absolute atomic E-state index is 0.264. The van der Waals surface area contributed by atoms with Crippen molar-refractivity contribution >= 4 is 76.7 Å². The van der Waals surface area contributed by atoms with Gasteiger partial charge in [-0.2, -0.15) is 21.4 Å². The molecule has 3 heterocycles. The van der Waals surface area contributed by atoms with Crippen molar-refractivity contribution in [3.63, 3.8) is 0 Å². The Morgan fingerprint density at radius 3 is 1.88 bits per heavy atom. The van der Waals surface area contributed by atoms with Crippen LogP contribution < -0.4 is 4.90 Å². The predicted octanol–water partition coefficient (Wildman–Crippen LogP) is 8.63. The number of anilines is 1. The minimum Gasteiger partial charge on any atom is -0.344 e. The van der Waals surface area contributed by atoms with Crippen molar-refractivity contribution in [3.05, 3.63) is 131 Å². The van der Waals surface area contributed by atoms with Crippen LogP contribution >= 0.6 is 0 Å². The molecule has 3 aliphatic heterocycles. The van der Waals surface area contributed by atoms with Crippen LogP contribution in [0.4, 0.5) is 16.2 Å². The topological polar surface area (TPSA) is 173 Å². The van der Waals surface area contributed by atoms with E-state index < -0.39 is 54.8 Å². The zero-order valence-corrected chi connectivity index (χ0v) is 39.9. The zero-order valence-electron chi connectivity index (χ0n) is 38.2. The van der Waals surface area contributed by atoms with Crippen molar-refractivity contribution in [1.82, 2.24) is 9.80 Å². The van der Waals surface area contributed by atoms with E-state index in [2.05, 4.69) is 85.7 Å². The van der Waals surface area contributed by atoms with Crippen LogP contribution in [-0.4, -0.2) is 103 Å². The van der Waals surface area contributed by atoms with Crippen LogP contribution in [-0.2, 0) is 40.7 Å². The van der Waals surface area contributed by atoms with Crippen LogP contribution in [0.5, 0.6) is 0 Å². The Hall–Kier alpha value is -5.74. The van der Waals surface area contributed by atoms with E-state index in [1.54, 1.807) is 0 Å². The Bertz CT molecular complexity index is 3080. The fourth-order valence-electron chi connectivity index (χ4n) is 10.6. The van der Waals surface area contributed by atoms with Crippen LogP contribution in [0, 0.1) is 5.92 Å². The number of fused-ring (bicyclic) bond motifs is 6. The molecule has 0 unspecified atom stereocenters. The first-order valence-electron chi connectivity index (χ1n) is 22.4. The van der Waals surface area contributed by atoms with Crippen molar-refractivity contribution in [2.24, 2.45) is 5.92 Å². The second-order valence-corrected chi connectivity index (χ2v) is 22.0. The average Bonchev–Trinajstić information content (AvgIpc) is 3.83. The first-order valence-corrected chi connectivity index (χ1v) is 25.6. The minimum atomic E-state index is -4.13. The van der Waals surface area contributed by atoms with E-state index in [0.717, 1.165) is 76.4 Å². The lowest BCUT2D eigenvalue weighted by atomic mass is 9.79. The second-order valence-electron chi connectivity index (χ2n) is 18.8. The van der Waals surface area contributed by atoms with E-state index in [4.69, 9.17) is 0 Å². The summed E-state index contributed by atoms with van der Waals surface area (Å²) in [5.74, 6) is -3.20. The highest BCUT2D eigenvalue weighted by Gasteiger charge is 2.48. The number of benzene rings is 4. The van der Waals surface area contributed by atoms with E-state index in [-0.39, 0.29) is 24.3 Å². The van der Waals surface area contributed by atoms with E-state index >= 15 is 0 Å². The van der Waals surface area contributed by atoms with Crippen LogP contribution in [0.15, 0.2) is 120 Å². The molecule has 15 heteroatoms. The Labute approximate surface area is 387 Å². The summed E-state index contributed by atoms with van der Waals surface area (Å²) in [5.41, 5.74) is 7.16. The third-order valence-corrected chi connectivity index (χ3v) is 15.4. The van der Waals surface area contributed by atoms with Gasteiger partial charge in [0, 0.05) is 61.6 Å². The van der Waals surface area contributed by atoms with Gasteiger partial charge >= 0.3 is 6.03 Å². The van der Waals surface area contributed by atoms with Gasteiger partial charge in [0.2, 0.25) is 17.5 Å². The van der Waals surface area contributed by atoms with Crippen molar-refractivity contribution in [2.45, 2.75) is 77.0 Å². The molecule has 346 valence electrons. The maximum atomic E-state index is 14.2. The quantitative estimate of drug-likeness (QED) is 0.0540. The van der Waals surface area contributed by atoms with Crippen molar-refractivity contribution in [2.75, 3.05) is 43.6 Å². The van der Waals surface area contributed by atoms with Gasteiger partial charge < -0.3 is 4.90 Å². The summed E-state index contributed by atoms with van der Waals surface area (Å²) < 4.78 is 67.7. The Morgan fingerprint density at radius 1 is 0.682 bits per heavy atom. The molecule has 8 rings (SSSR count). The maximum absolute atomic E-state index is 14.2. The largest absolute Gasteiger partial charge is 0.344 e. The van der Waals surface area contributed by atoms with E-state index in [0.29, 0.717) is 44.3 Å². The van der Waals surface area contributed by atoms with Gasteiger partial charge in [0.25, 0.3) is 20.2 Å². The van der Waals surface area contributed by atoms with E-state index in [1.165, 1.54) is 14.1 Å². The number of hydrogen-bond acceptors (Lipinski definition) is 8. The molecule has 13 nitrogen and oxygen atoms in total. The SMILES string of the molecule is CN1C(=O)C(C2=C(C=CC3=[N+](CCCCS(=O)(=O)O)c4ccc5ccccc5c4C3(C)C)CCC2=CC=C2N(CCCCS(=O)(=O)O)c3ccc4ccccc4c3C2(C)C)C(=O)N(C)C1=O. The summed E-state index contributed by atoms with van der Waals surface area (Å²) in [6, 6.07) is 24.0. The average molecular weight is 934 g/mol. The monoisotopic (exact) mass is 933 g/mol. The molecule has 66 heavy (non-hydrogen) atoms. The summed E-state index contributed by atoms with van der Waals surface area (Å²) in [4.78, 5) is 45.6. The number of allylic oxidation sites excluding steroid dienone is 7. The normalized spacial score (nSPS) is 20.2. The molecule has 4 amide bonds. The second kappa shape index (κ2) is 17.5. The zero-order chi connectivity index (χ0) is 47.5. The molecule has 0 bridgehead atoms. The van der Waals surface area contributed by atoms with E-state index in [9.17, 15) is 40.3 Å². The summed E-state index contributed by atoms with van der Waals surface area (Å²) >= 11 is 0. The van der Waals surface area contributed by atoms with Crippen molar-refractivity contribution in [3.8, 4) is 0 Å². The number of barbiturate groups is 1. The van der Waals surface area contributed by atoms with Gasteiger partial charge in [-0.05, 0) is 108 Å². The van der Waals surface area contributed by atoms with Gasteiger partial charge in [-0.3, -0.25) is 28.5 Å². The summed E-state index contributed by atoms with van der Waals surface area (Å²) in [5, 5.41) is 4.36. The molecule has 0 aromatic heterocycles. The lowest BCUT2D eigenvalue weighted by molar-refractivity contribution is -0.438. The lowest BCUT2D eigenvalue weighted by Crippen LogP contribution is -2.57. The number of carbonyl (C=O) groups excluding carboxylic acids is 3. The van der Waals surface area contributed by atoms with E-state index in [1.807, 2.05) is 48.6 Å². The number of amides is 4. The highest BCUT2D eigenvalue weighted by atomic mass is 32.2.